The van der Waals surface area contributed by atoms with Crippen LogP contribution in [0.5, 0.6) is 0 Å². The van der Waals surface area contributed by atoms with Crippen LogP contribution in [0.3, 0.4) is 0 Å². The van der Waals surface area contributed by atoms with Crippen molar-refractivity contribution in [1.82, 2.24) is 4.98 Å². The van der Waals surface area contributed by atoms with Crippen molar-refractivity contribution in [3.8, 4) is 0 Å². The number of anilines is 1. The minimum Gasteiger partial charge on any atom is -0.326 e. The van der Waals surface area contributed by atoms with E-state index < -0.39 is 0 Å². The van der Waals surface area contributed by atoms with Crippen molar-refractivity contribution < 1.29 is 9.18 Å². The number of halogens is 1. The number of nitrogens with one attached hydrogen (secondary N) is 1. The third kappa shape index (κ3) is 5.95. The lowest BCUT2D eigenvalue weighted by atomic mass is 10.3. The van der Waals surface area contributed by atoms with Gasteiger partial charge in [-0.3, -0.25) is 9.78 Å². The Morgan fingerprint density at radius 3 is 2.86 bits per heavy atom. The van der Waals surface area contributed by atoms with Gasteiger partial charge in [-0.05, 0) is 42.5 Å². The second-order valence-electron chi connectivity index (χ2n) is 4.49. The maximum absolute atomic E-state index is 13.0. The van der Waals surface area contributed by atoms with Crippen LogP contribution in [0.2, 0.25) is 0 Å². The molecule has 0 aliphatic carbocycles. The van der Waals surface area contributed by atoms with Gasteiger partial charge in [-0.2, -0.15) is 11.8 Å². The van der Waals surface area contributed by atoms with Crippen molar-refractivity contribution in [2.24, 2.45) is 0 Å². The van der Waals surface area contributed by atoms with Crippen LogP contribution in [0.1, 0.15) is 12.1 Å². The molecule has 0 unspecified atom stereocenters. The van der Waals surface area contributed by atoms with E-state index in [0.717, 1.165) is 23.6 Å². The number of aromatic nitrogens is 1. The first kappa shape index (κ1) is 15.5. The van der Waals surface area contributed by atoms with Gasteiger partial charge in [0.15, 0.2) is 0 Å². The summed E-state index contributed by atoms with van der Waals surface area (Å²) in [5.74, 6) is 1.24. The molecule has 2 aromatic rings. The highest BCUT2D eigenvalue weighted by Gasteiger charge is 2.03. The van der Waals surface area contributed by atoms with Gasteiger partial charge in [0.25, 0.3) is 0 Å². The van der Waals surface area contributed by atoms with E-state index in [1.807, 2.05) is 18.2 Å². The largest absolute Gasteiger partial charge is 0.326 e. The fourth-order valence-electron chi connectivity index (χ4n) is 1.78. The van der Waals surface area contributed by atoms with Gasteiger partial charge < -0.3 is 5.32 Å². The lowest BCUT2D eigenvalue weighted by molar-refractivity contribution is -0.115. The summed E-state index contributed by atoms with van der Waals surface area (Å²) in [5, 5.41) is 2.69. The number of amides is 1. The van der Waals surface area contributed by atoms with E-state index in [0.29, 0.717) is 12.1 Å². The maximum Gasteiger partial charge on any atom is 0.225 e. The fourth-order valence-corrected chi connectivity index (χ4v) is 2.67. The number of aryl methyl sites for hydroxylation is 1. The van der Waals surface area contributed by atoms with Gasteiger partial charge in [0, 0.05) is 29.8 Å². The predicted octanol–water partition coefficient (Wildman–Crippen LogP) is 3.53. The Kier molecular flexibility index (Phi) is 6.22. The Balaban J connectivity index is 1.61. The minimum absolute atomic E-state index is 0.0917. The molecule has 0 spiro atoms. The van der Waals surface area contributed by atoms with Crippen molar-refractivity contribution in [1.29, 1.82) is 0 Å². The third-order valence-electron chi connectivity index (χ3n) is 2.81. The molecule has 1 heterocycles. The third-order valence-corrected chi connectivity index (χ3v) is 3.80. The molecule has 0 atom stereocenters. The Hall–Kier alpha value is -1.88. The molecule has 1 aromatic carbocycles. The number of rotatable bonds is 7. The van der Waals surface area contributed by atoms with Gasteiger partial charge in [0.1, 0.15) is 5.82 Å². The highest BCUT2D eigenvalue weighted by atomic mass is 32.2. The second kappa shape index (κ2) is 8.42. The van der Waals surface area contributed by atoms with Crippen molar-refractivity contribution >= 4 is 23.4 Å². The quantitative estimate of drug-likeness (QED) is 0.796. The van der Waals surface area contributed by atoms with Crippen LogP contribution in [0.25, 0.3) is 0 Å². The molecule has 0 aliphatic rings. The Bertz CT molecular complexity index is 577. The summed E-state index contributed by atoms with van der Waals surface area (Å²) in [6.45, 7) is 0. The average Bonchev–Trinajstić information content (AvgIpc) is 2.48. The summed E-state index contributed by atoms with van der Waals surface area (Å²) in [4.78, 5) is 15.9. The molecule has 21 heavy (non-hydrogen) atoms. The summed E-state index contributed by atoms with van der Waals surface area (Å²) in [6, 6.07) is 11.8. The van der Waals surface area contributed by atoms with Crippen LogP contribution in [0.4, 0.5) is 10.1 Å². The Morgan fingerprint density at radius 1 is 1.19 bits per heavy atom. The van der Waals surface area contributed by atoms with E-state index in [2.05, 4.69) is 10.3 Å². The molecule has 0 saturated heterocycles. The SMILES string of the molecule is O=C(CCSCCc1ccccn1)Nc1cccc(F)c1. The zero-order valence-electron chi connectivity index (χ0n) is 11.6. The van der Waals surface area contributed by atoms with Crippen LogP contribution in [-0.4, -0.2) is 22.4 Å². The fraction of sp³-hybridized carbons (Fsp3) is 0.250. The van der Waals surface area contributed by atoms with Gasteiger partial charge in [-0.1, -0.05) is 12.1 Å². The molecule has 1 N–H and O–H groups in total. The van der Waals surface area contributed by atoms with Crippen molar-refractivity contribution in [2.75, 3.05) is 16.8 Å². The molecule has 3 nitrogen and oxygen atoms in total. The molecule has 0 fully saturated rings. The number of carbonyl (C=O) groups excluding carboxylic acids is 1. The van der Waals surface area contributed by atoms with E-state index in [-0.39, 0.29) is 11.7 Å². The Morgan fingerprint density at radius 2 is 2.10 bits per heavy atom. The topological polar surface area (TPSA) is 42.0 Å². The molecule has 0 saturated carbocycles. The highest BCUT2D eigenvalue weighted by molar-refractivity contribution is 7.99. The van der Waals surface area contributed by atoms with Crippen LogP contribution < -0.4 is 5.32 Å². The van der Waals surface area contributed by atoms with Crippen LogP contribution in [-0.2, 0) is 11.2 Å². The molecule has 1 aromatic heterocycles. The van der Waals surface area contributed by atoms with Crippen LogP contribution in [0.15, 0.2) is 48.7 Å². The predicted molar refractivity (Wildman–Crippen MR) is 84.9 cm³/mol. The van der Waals surface area contributed by atoms with E-state index in [4.69, 9.17) is 0 Å². The monoisotopic (exact) mass is 304 g/mol. The summed E-state index contributed by atoms with van der Waals surface area (Å²) in [6.07, 6.45) is 3.10. The number of benzene rings is 1. The number of hydrogen-bond donors (Lipinski definition) is 1. The summed E-state index contributed by atoms with van der Waals surface area (Å²) >= 11 is 1.72. The van der Waals surface area contributed by atoms with Gasteiger partial charge in [-0.15, -0.1) is 0 Å². The second-order valence-corrected chi connectivity index (χ2v) is 5.72. The van der Waals surface area contributed by atoms with Crippen LogP contribution >= 0.6 is 11.8 Å². The molecule has 1 amide bonds. The van der Waals surface area contributed by atoms with Crippen molar-refractivity contribution in [3.05, 3.63) is 60.2 Å². The maximum atomic E-state index is 13.0. The molecule has 0 aliphatic heterocycles. The van der Waals surface area contributed by atoms with Crippen molar-refractivity contribution in [2.45, 2.75) is 12.8 Å². The lowest BCUT2D eigenvalue weighted by Crippen LogP contribution is -2.12. The Labute approximate surface area is 128 Å². The zero-order chi connectivity index (χ0) is 14.9. The van der Waals surface area contributed by atoms with Crippen LogP contribution in [0, 0.1) is 5.82 Å². The van der Waals surface area contributed by atoms with E-state index in [9.17, 15) is 9.18 Å². The smallest absolute Gasteiger partial charge is 0.225 e. The number of nitrogens with zero attached hydrogens (tertiary/aromatic N) is 1. The van der Waals surface area contributed by atoms with Gasteiger partial charge in [0.05, 0.1) is 0 Å². The van der Waals surface area contributed by atoms with Crippen molar-refractivity contribution in [3.63, 3.8) is 0 Å². The molecule has 110 valence electrons. The van der Waals surface area contributed by atoms with E-state index >= 15 is 0 Å². The first-order valence-corrected chi connectivity index (χ1v) is 7.92. The number of pyridine rings is 1. The zero-order valence-corrected chi connectivity index (χ0v) is 12.4. The first-order valence-electron chi connectivity index (χ1n) is 6.77. The molecule has 2 rings (SSSR count). The number of hydrogen-bond acceptors (Lipinski definition) is 3. The van der Waals surface area contributed by atoms with Gasteiger partial charge in [0.2, 0.25) is 5.91 Å². The highest BCUT2D eigenvalue weighted by Crippen LogP contribution is 2.11. The van der Waals surface area contributed by atoms with E-state index in [1.54, 1.807) is 30.1 Å². The number of thioether (sulfide) groups is 1. The molecule has 5 heteroatoms. The average molecular weight is 304 g/mol. The van der Waals surface area contributed by atoms with Gasteiger partial charge >= 0.3 is 0 Å². The summed E-state index contributed by atoms with van der Waals surface area (Å²) in [7, 11) is 0. The standard InChI is InChI=1S/C16H17FN2OS/c17-13-4-3-6-15(12-13)19-16(20)8-11-21-10-7-14-5-1-2-9-18-14/h1-6,9,12H,7-8,10-11H2,(H,19,20). The minimum atomic E-state index is -0.350. The lowest BCUT2D eigenvalue weighted by Gasteiger charge is -2.05. The molecular weight excluding hydrogens is 287 g/mol. The number of carbonyl (C=O) groups is 1. The van der Waals surface area contributed by atoms with Gasteiger partial charge in [-0.25, -0.2) is 4.39 Å². The molecule has 0 bridgehead atoms. The molecule has 0 radical (unpaired) electrons. The first-order chi connectivity index (χ1) is 10.2. The molecular formula is C16H17FN2OS. The summed E-state index contributed by atoms with van der Waals surface area (Å²) < 4.78 is 13.0. The normalized spacial score (nSPS) is 10.3. The van der Waals surface area contributed by atoms with E-state index in [1.165, 1.54) is 12.1 Å². The summed E-state index contributed by atoms with van der Waals surface area (Å²) in [5.41, 5.74) is 1.56.